The summed E-state index contributed by atoms with van der Waals surface area (Å²) in [4.78, 5) is 12.7. The van der Waals surface area contributed by atoms with Gasteiger partial charge in [-0.1, -0.05) is 20.8 Å². The molecular formula is C19H38O4Si. The fourth-order valence-corrected chi connectivity index (χ4v) is 4.35. The van der Waals surface area contributed by atoms with Gasteiger partial charge in [-0.2, -0.15) is 0 Å². The van der Waals surface area contributed by atoms with Crippen LogP contribution in [0.1, 0.15) is 67.2 Å². The second-order valence-electron chi connectivity index (χ2n) is 9.79. The van der Waals surface area contributed by atoms with Crippen molar-refractivity contribution in [3.8, 4) is 0 Å². The van der Waals surface area contributed by atoms with Gasteiger partial charge in [0.05, 0.1) is 12.0 Å². The van der Waals surface area contributed by atoms with E-state index >= 15 is 0 Å². The topological polar surface area (TPSA) is 44.8 Å². The smallest absolute Gasteiger partial charge is 0.314 e. The highest BCUT2D eigenvalue weighted by Gasteiger charge is 2.47. The monoisotopic (exact) mass is 358 g/mol. The molecule has 1 rings (SSSR count). The predicted molar refractivity (Wildman–Crippen MR) is 101 cm³/mol. The molecule has 0 spiro atoms. The molecule has 5 heteroatoms. The van der Waals surface area contributed by atoms with E-state index in [0.29, 0.717) is 6.61 Å². The average Bonchev–Trinajstić information content (AvgIpc) is 2.37. The van der Waals surface area contributed by atoms with Crippen LogP contribution in [0.2, 0.25) is 18.1 Å². The number of carbonyl (C=O) groups excluding carboxylic acids is 1. The maximum absolute atomic E-state index is 12.7. The van der Waals surface area contributed by atoms with Crippen LogP contribution in [0.15, 0.2) is 0 Å². The molecular weight excluding hydrogens is 320 g/mol. The second kappa shape index (κ2) is 7.46. The summed E-state index contributed by atoms with van der Waals surface area (Å²) in [5.41, 5.74) is -0.984. The lowest BCUT2D eigenvalue weighted by molar-refractivity contribution is -0.175. The van der Waals surface area contributed by atoms with Gasteiger partial charge in [-0.15, -0.1) is 0 Å². The van der Waals surface area contributed by atoms with E-state index in [2.05, 4.69) is 33.9 Å². The van der Waals surface area contributed by atoms with Gasteiger partial charge in [0.15, 0.2) is 8.32 Å². The van der Waals surface area contributed by atoms with Crippen molar-refractivity contribution in [2.45, 2.75) is 97.1 Å². The summed E-state index contributed by atoms with van der Waals surface area (Å²) in [6.07, 6.45) is 3.59. The number of hydrogen-bond donors (Lipinski definition) is 0. The van der Waals surface area contributed by atoms with Crippen molar-refractivity contribution in [2.75, 3.05) is 13.7 Å². The first kappa shape index (κ1) is 21.6. The predicted octanol–water partition coefficient (Wildman–Crippen LogP) is 4.93. The second-order valence-corrected chi connectivity index (χ2v) is 14.5. The molecule has 24 heavy (non-hydrogen) atoms. The summed E-state index contributed by atoms with van der Waals surface area (Å²) in [7, 11) is -0.113. The van der Waals surface area contributed by atoms with Crippen LogP contribution in [0.3, 0.4) is 0 Å². The van der Waals surface area contributed by atoms with Gasteiger partial charge in [0.1, 0.15) is 5.60 Å². The van der Waals surface area contributed by atoms with Gasteiger partial charge in [-0.3, -0.25) is 4.79 Å². The number of hydrogen-bond acceptors (Lipinski definition) is 4. The Balaban J connectivity index is 2.76. The van der Waals surface area contributed by atoms with E-state index in [4.69, 9.17) is 13.9 Å². The standard InChI is InChI=1S/C19H38O4Si/c1-17(2,3)22-16(20)19(14-21-7)12-10-15(11-13-19)23-24(8,9)18(4,5)6/h15H,10-14H2,1-9H3/t15-,19+. The minimum atomic E-state index is -1.77. The van der Waals surface area contributed by atoms with E-state index < -0.39 is 19.3 Å². The molecule has 0 unspecified atom stereocenters. The fourth-order valence-electron chi connectivity index (χ4n) is 2.93. The van der Waals surface area contributed by atoms with Crippen molar-refractivity contribution in [1.29, 1.82) is 0 Å². The first-order chi connectivity index (χ1) is 10.7. The summed E-state index contributed by atoms with van der Waals surface area (Å²) < 4.78 is 17.6. The number of ether oxygens (including phenoxy) is 2. The zero-order valence-electron chi connectivity index (χ0n) is 17.2. The van der Waals surface area contributed by atoms with E-state index in [1.54, 1.807) is 7.11 Å². The highest BCUT2D eigenvalue weighted by Crippen LogP contribution is 2.43. The summed E-state index contributed by atoms with van der Waals surface area (Å²) >= 11 is 0. The maximum Gasteiger partial charge on any atom is 0.314 e. The third-order valence-electron chi connectivity index (χ3n) is 5.41. The molecule has 0 aromatic rings. The largest absolute Gasteiger partial charge is 0.459 e. The number of esters is 1. The summed E-state index contributed by atoms with van der Waals surface area (Å²) in [6, 6.07) is 0. The van der Waals surface area contributed by atoms with Gasteiger partial charge < -0.3 is 13.9 Å². The molecule has 142 valence electrons. The molecule has 0 radical (unpaired) electrons. The lowest BCUT2D eigenvalue weighted by Crippen LogP contribution is -2.48. The van der Waals surface area contributed by atoms with Crippen LogP contribution in [0.4, 0.5) is 0 Å². The van der Waals surface area contributed by atoms with Crippen LogP contribution in [0.25, 0.3) is 0 Å². The van der Waals surface area contributed by atoms with Gasteiger partial charge >= 0.3 is 5.97 Å². The van der Waals surface area contributed by atoms with Gasteiger partial charge in [-0.05, 0) is 64.6 Å². The van der Waals surface area contributed by atoms with Crippen molar-refractivity contribution in [3.05, 3.63) is 0 Å². The van der Waals surface area contributed by atoms with E-state index in [1.165, 1.54) is 0 Å². The lowest BCUT2D eigenvalue weighted by Gasteiger charge is -2.44. The van der Waals surface area contributed by atoms with Crippen molar-refractivity contribution in [1.82, 2.24) is 0 Å². The molecule has 0 N–H and O–H groups in total. The molecule has 1 fully saturated rings. The first-order valence-electron chi connectivity index (χ1n) is 9.13. The minimum Gasteiger partial charge on any atom is -0.459 e. The Bertz CT molecular complexity index is 424. The Labute approximate surface area is 149 Å². The molecule has 1 saturated carbocycles. The summed E-state index contributed by atoms with van der Waals surface area (Å²) in [5, 5.41) is 0.208. The molecule has 0 atom stereocenters. The maximum atomic E-state index is 12.7. The minimum absolute atomic E-state index is 0.123. The van der Waals surface area contributed by atoms with Gasteiger partial charge in [0.25, 0.3) is 0 Å². The van der Waals surface area contributed by atoms with E-state index in [1.807, 2.05) is 20.8 Å². The van der Waals surface area contributed by atoms with Crippen LogP contribution in [0, 0.1) is 5.41 Å². The van der Waals surface area contributed by atoms with Crippen LogP contribution < -0.4 is 0 Å². The normalized spacial score (nSPS) is 26.3. The molecule has 1 aliphatic rings. The zero-order chi connectivity index (χ0) is 18.8. The fraction of sp³-hybridized carbons (Fsp3) is 0.947. The molecule has 0 bridgehead atoms. The Kier molecular flexibility index (Phi) is 6.73. The van der Waals surface area contributed by atoms with Crippen molar-refractivity contribution in [2.24, 2.45) is 5.41 Å². The number of methoxy groups -OCH3 is 1. The molecule has 0 aromatic carbocycles. The molecule has 0 aliphatic heterocycles. The van der Waals surface area contributed by atoms with Gasteiger partial charge in [-0.25, -0.2) is 0 Å². The average molecular weight is 359 g/mol. The highest BCUT2D eigenvalue weighted by atomic mass is 28.4. The Morgan fingerprint density at radius 3 is 1.96 bits per heavy atom. The lowest BCUT2D eigenvalue weighted by atomic mass is 9.73. The Morgan fingerprint density at radius 2 is 1.58 bits per heavy atom. The summed E-state index contributed by atoms with van der Waals surface area (Å²) in [6.45, 7) is 17.5. The van der Waals surface area contributed by atoms with Crippen LogP contribution in [0.5, 0.6) is 0 Å². The molecule has 4 nitrogen and oxygen atoms in total. The molecule has 0 heterocycles. The highest BCUT2D eigenvalue weighted by molar-refractivity contribution is 6.74. The molecule has 0 aromatic heterocycles. The van der Waals surface area contributed by atoms with Crippen molar-refractivity contribution >= 4 is 14.3 Å². The van der Waals surface area contributed by atoms with E-state index in [9.17, 15) is 4.79 Å². The third-order valence-corrected chi connectivity index (χ3v) is 9.94. The quantitative estimate of drug-likeness (QED) is 0.516. The Hall–Kier alpha value is -0.393. The van der Waals surface area contributed by atoms with Gasteiger partial charge in [0.2, 0.25) is 0 Å². The number of rotatable bonds is 5. The first-order valence-corrected chi connectivity index (χ1v) is 12.0. The van der Waals surface area contributed by atoms with Gasteiger partial charge in [0, 0.05) is 13.2 Å². The summed E-state index contributed by atoms with van der Waals surface area (Å²) in [5.74, 6) is -0.123. The molecule has 0 saturated heterocycles. The van der Waals surface area contributed by atoms with E-state index in [-0.39, 0.29) is 17.1 Å². The zero-order valence-corrected chi connectivity index (χ0v) is 18.2. The Morgan fingerprint density at radius 1 is 1.08 bits per heavy atom. The van der Waals surface area contributed by atoms with Crippen molar-refractivity contribution < 1.29 is 18.7 Å². The SMILES string of the molecule is COC[C@]1(C(=O)OC(C)(C)C)CC[C@@H](O[Si](C)(C)C(C)(C)C)CC1. The van der Waals surface area contributed by atoms with Crippen LogP contribution in [-0.4, -0.2) is 39.7 Å². The van der Waals surface area contributed by atoms with Crippen LogP contribution >= 0.6 is 0 Å². The third kappa shape index (κ3) is 5.56. The molecule has 1 aliphatic carbocycles. The van der Waals surface area contributed by atoms with Crippen LogP contribution in [-0.2, 0) is 18.7 Å². The van der Waals surface area contributed by atoms with Crippen molar-refractivity contribution in [3.63, 3.8) is 0 Å². The molecule has 0 amide bonds. The van der Waals surface area contributed by atoms with E-state index in [0.717, 1.165) is 25.7 Å². The number of carbonyl (C=O) groups is 1.